The Morgan fingerprint density at radius 2 is 2.43 bits per heavy atom. The number of fused-ring (bicyclic) bond motifs is 1. The van der Waals surface area contributed by atoms with Crippen molar-refractivity contribution in [3.8, 4) is 5.88 Å². The lowest BCUT2D eigenvalue weighted by molar-refractivity contribution is 0.165. The molecule has 1 saturated heterocycles. The number of rotatable bonds is 5. The normalized spacial score (nSPS) is 17.4. The SMILES string of the molecule is CCNC(=O)Nc1nc2cc(Br)c(OCC3CCOC3)nc2s1. The van der Waals surface area contributed by atoms with Gasteiger partial charge in [0.25, 0.3) is 0 Å². The molecule has 2 aromatic rings. The largest absolute Gasteiger partial charge is 0.476 e. The lowest BCUT2D eigenvalue weighted by atomic mass is 10.1. The van der Waals surface area contributed by atoms with Crippen LogP contribution in [0.1, 0.15) is 13.3 Å². The van der Waals surface area contributed by atoms with Crippen LogP contribution in [0.3, 0.4) is 0 Å². The van der Waals surface area contributed by atoms with Crippen LogP contribution in [0.2, 0.25) is 0 Å². The van der Waals surface area contributed by atoms with E-state index in [1.165, 1.54) is 11.3 Å². The summed E-state index contributed by atoms with van der Waals surface area (Å²) < 4.78 is 11.9. The summed E-state index contributed by atoms with van der Waals surface area (Å²) in [6.45, 7) is 4.53. The van der Waals surface area contributed by atoms with Gasteiger partial charge in [-0.2, -0.15) is 4.98 Å². The van der Waals surface area contributed by atoms with E-state index in [1.54, 1.807) is 0 Å². The molecule has 9 heteroatoms. The van der Waals surface area contributed by atoms with E-state index >= 15 is 0 Å². The number of halogens is 1. The third-order valence-electron chi connectivity index (χ3n) is 3.34. The van der Waals surface area contributed by atoms with Gasteiger partial charge >= 0.3 is 6.03 Å². The number of nitrogens with one attached hydrogen (secondary N) is 2. The summed E-state index contributed by atoms with van der Waals surface area (Å²) in [5.74, 6) is 0.952. The number of anilines is 1. The minimum Gasteiger partial charge on any atom is -0.476 e. The quantitative estimate of drug-likeness (QED) is 0.805. The Hall–Kier alpha value is -1.45. The van der Waals surface area contributed by atoms with Crippen LogP contribution in [-0.4, -0.2) is 42.4 Å². The van der Waals surface area contributed by atoms with Crippen LogP contribution in [0.4, 0.5) is 9.93 Å². The number of nitrogens with zero attached hydrogens (tertiary/aromatic N) is 2. The summed E-state index contributed by atoms with van der Waals surface area (Å²) >= 11 is 4.77. The van der Waals surface area contributed by atoms with Gasteiger partial charge in [-0.05, 0) is 35.3 Å². The molecule has 2 amide bonds. The van der Waals surface area contributed by atoms with Crippen LogP contribution in [-0.2, 0) is 4.74 Å². The van der Waals surface area contributed by atoms with Crippen molar-refractivity contribution >= 4 is 48.8 Å². The number of amides is 2. The van der Waals surface area contributed by atoms with Gasteiger partial charge in [0.1, 0.15) is 10.3 Å². The van der Waals surface area contributed by atoms with Gasteiger partial charge in [-0.15, -0.1) is 0 Å². The van der Waals surface area contributed by atoms with E-state index < -0.39 is 0 Å². The second-order valence-electron chi connectivity index (χ2n) is 5.14. The van der Waals surface area contributed by atoms with E-state index in [2.05, 4.69) is 36.5 Å². The van der Waals surface area contributed by atoms with Crippen LogP contribution in [0.5, 0.6) is 5.88 Å². The molecule has 7 nitrogen and oxygen atoms in total. The van der Waals surface area contributed by atoms with Crippen LogP contribution in [0.15, 0.2) is 10.5 Å². The summed E-state index contributed by atoms with van der Waals surface area (Å²) in [6.07, 6.45) is 1.01. The number of pyridine rings is 1. The second-order valence-corrected chi connectivity index (χ2v) is 6.98. The molecule has 3 rings (SSSR count). The summed E-state index contributed by atoms with van der Waals surface area (Å²) in [5, 5.41) is 5.86. The average Bonchev–Trinajstić information content (AvgIpc) is 3.13. The van der Waals surface area contributed by atoms with Gasteiger partial charge in [0, 0.05) is 19.1 Å². The average molecular weight is 401 g/mol. The highest BCUT2D eigenvalue weighted by Crippen LogP contribution is 2.32. The first-order valence-corrected chi connectivity index (χ1v) is 8.99. The molecule has 3 heterocycles. The first-order chi connectivity index (χ1) is 11.2. The number of urea groups is 1. The summed E-state index contributed by atoms with van der Waals surface area (Å²) in [7, 11) is 0. The molecule has 0 bridgehead atoms. The number of carbonyl (C=O) groups excluding carboxylic acids is 1. The zero-order valence-electron chi connectivity index (χ0n) is 12.6. The Morgan fingerprint density at radius 3 is 3.17 bits per heavy atom. The molecule has 0 aliphatic carbocycles. The molecule has 0 spiro atoms. The minimum absolute atomic E-state index is 0.275. The van der Waals surface area contributed by atoms with Gasteiger partial charge in [-0.1, -0.05) is 11.3 Å². The highest BCUT2D eigenvalue weighted by atomic mass is 79.9. The maximum Gasteiger partial charge on any atom is 0.321 e. The molecule has 1 fully saturated rings. The number of thiazole rings is 1. The maximum atomic E-state index is 11.6. The molecule has 1 aliphatic rings. The van der Waals surface area contributed by atoms with Crippen molar-refractivity contribution in [2.24, 2.45) is 5.92 Å². The van der Waals surface area contributed by atoms with Gasteiger partial charge in [0.2, 0.25) is 5.88 Å². The Morgan fingerprint density at radius 1 is 1.57 bits per heavy atom. The number of hydrogen-bond donors (Lipinski definition) is 2. The van der Waals surface area contributed by atoms with Gasteiger partial charge in [-0.25, -0.2) is 9.78 Å². The Labute approximate surface area is 145 Å². The molecule has 1 unspecified atom stereocenters. The molecule has 0 radical (unpaired) electrons. The number of aromatic nitrogens is 2. The predicted octanol–water partition coefficient (Wildman–Crippen LogP) is 3.01. The molecule has 1 aliphatic heterocycles. The lowest BCUT2D eigenvalue weighted by Gasteiger charge is -2.10. The molecule has 2 aromatic heterocycles. The van der Waals surface area contributed by atoms with Gasteiger partial charge in [0.05, 0.1) is 17.7 Å². The van der Waals surface area contributed by atoms with Crippen molar-refractivity contribution in [2.75, 3.05) is 31.7 Å². The van der Waals surface area contributed by atoms with Crippen LogP contribution < -0.4 is 15.4 Å². The van der Waals surface area contributed by atoms with Crippen molar-refractivity contribution in [1.82, 2.24) is 15.3 Å². The number of carbonyl (C=O) groups is 1. The number of ether oxygens (including phenoxy) is 2. The summed E-state index contributed by atoms with van der Waals surface area (Å²) in [6, 6.07) is 1.57. The van der Waals surface area contributed by atoms with Crippen LogP contribution in [0.25, 0.3) is 10.3 Å². The fraction of sp³-hybridized carbons (Fsp3) is 0.500. The minimum atomic E-state index is -0.275. The number of hydrogen-bond acceptors (Lipinski definition) is 6. The van der Waals surface area contributed by atoms with Gasteiger partial charge in [-0.3, -0.25) is 5.32 Å². The molecular weight excluding hydrogens is 384 g/mol. The first kappa shape index (κ1) is 16.4. The molecular formula is C14H17BrN4O3S. The first-order valence-electron chi connectivity index (χ1n) is 7.38. The highest BCUT2D eigenvalue weighted by molar-refractivity contribution is 9.10. The third-order valence-corrected chi connectivity index (χ3v) is 4.79. The van der Waals surface area contributed by atoms with Crippen molar-refractivity contribution in [3.63, 3.8) is 0 Å². The fourth-order valence-electron chi connectivity index (χ4n) is 2.19. The van der Waals surface area contributed by atoms with Crippen molar-refractivity contribution in [1.29, 1.82) is 0 Å². The van der Waals surface area contributed by atoms with Crippen LogP contribution >= 0.6 is 27.3 Å². The maximum absolute atomic E-state index is 11.6. The Balaban J connectivity index is 1.72. The van der Waals surface area contributed by atoms with E-state index in [4.69, 9.17) is 9.47 Å². The Kier molecular flexibility index (Phi) is 5.29. The topological polar surface area (TPSA) is 85.4 Å². The van der Waals surface area contributed by atoms with Crippen molar-refractivity contribution in [3.05, 3.63) is 10.5 Å². The zero-order valence-corrected chi connectivity index (χ0v) is 15.0. The Bertz CT molecular complexity index is 703. The van der Waals surface area contributed by atoms with Gasteiger partial charge < -0.3 is 14.8 Å². The second kappa shape index (κ2) is 7.41. The van der Waals surface area contributed by atoms with E-state index in [0.717, 1.165) is 28.9 Å². The van der Waals surface area contributed by atoms with Crippen molar-refractivity contribution in [2.45, 2.75) is 13.3 Å². The monoisotopic (exact) mass is 400 g/mol. The molecule has 124 valence electrons. The predicted molar refractivity (Wildman–Crippen MR) is 92.2 cm³/mol. The van der Waals surface area contributed by atoms with E-state index in [-0.39, 0.29) is 6.03 Å². The smallest absolute Gasteiger partial charge is 0.321 e. The van der Waals surface area contributed by atoms with Gasteiger partial charge in [0.15, 0.2) is 5.13 Å². The van der Waals surface area contributed by atoms with E-state index in [1.807, 2.05) is 13.0 Å². The molecule has 0 saturated carbocycles. The van der Waals surface area contributed by atoms with Crippen LogP contribution in [0, 0.1) is 5.92 Å². The highest BCUT2D eigenvalue weighted by Gasteiger charge is 2.18. The molecule has 23 heavy (non-hydrogen) atoms. The third kappa shape index (κ3) is 4.10. The summed E-state index contributed by atoms with van der Waals surface area (Å²) in [5.41, 5.74) is 0.713. The lowest BCUT2D eigenvalue weighted by Crippen LogP contribution is -2.28. The standard InChI is InChI=1S/C14H17BrN4O3S/c1-2-16-13(20)19-14-17-10-5-9(15)11(18-12(10)23-14)22-7-8-3-4-21-6-8/h5,8H,2-4,6-7H2,1H3,(H2,16,17,19,20). The molecule has 2 N–H and O–H groups in total. The van der Waals surface area contributed by atoms with E-state index in [9.17, 15) is 4.79 Å². The van der Waals surface area contributed by atoms with Crippen molar-refractivity contribution < 1.29 is 14.3 Å². The summed E-state index contributed by atoms with van der Waals surface area (Å²) in [4.78, 5) is 21.1. The molecule has 1 atom stereocenters. The molecule has 0 aromatic carbocycles. The zero-order chi connectivity index (χ0) is 16.2. The fourth-order valence-corrected chi connectivity index (χ4v) is 3.42. The van der Waals surface area contributed by atoms with E-state index in [0.29, 0.717) is 35.6 Å².